The van der Waals surface area contributed by atoms with Crippen molar-refractivity contribution in [3.63, 3.8) is 0 Å². The number of benzene rings is 1. The summed E-state index contributed by atoms with van der Waals surface area (Å²) in [6.45, 7) is 1.41. The number of halogens is 1. The van der Waals surface area contributed by atoms with Crippen LogP contribution in [0.3, 0.4) is 0 Å². The second-order valence-corrected chi connectivity index (χ2v) is 5.53. The standard InChI is InChI=1S/C15H16ClN3O/c16-13-4-3-12(14-11(13)2-1-7-18-14)15(20)19-8-5-10(17)6-9-19/h1-4,7,10H,5-6,8-9,17H2. The summed E-state index contributed by atoms with van der Waals surface area (Å²) in [5.41, 5.74) is 7.16. The summed E-state index contributed by atoms with van der Waals surface area (Å²) in [6, 6.07) is 7.43. The van der Waals surface area contributed by atoms with Gasteiger partial charge in [-0.15, -0.1) is 0 Å². The van der Waals surface area contributed by atoms with Gasteiger partial charge in [-0.3, -0.25) is 9.78 Å². The van der Waals surface area contributed by atoms with Crippen LogP contribution in [0.5, 0.6) is 0 Å². The zero-order chi connectivity index (χ0) is 14.1. The van der Waals surface area contributed by atoms with Crippen molar-refractivity contribution in [2.45, 2.75) is 18.9 Å². The number of nitrogens with zero attached hydrogens (tertiary/aromatic N) is 2. The molecule has 2 aromatic rings. The Balaban J connectivity index is 1.98. The fraction of sp³-hybridized carbons (Fsp3) is 0.333. The largest absolute Gasteiger partial charge is 0.338 e. The molecule has 0 atom stereocenters. The van der Waals surface area contributed by atoms with Gasteiger partial charge >= 0.3 is 0 Å². The number of hydrogen-bond acceptors (Lipinski definition) is 3. The Morgan fingerprint density at radius 2 is 2.05 bits per heavy atom. The molecule has 104 valence electrons. The van der Waals surface area contributed by atoms with Crippen LogP contribution in [0, 0.1) is 0 Å². The normalized spacial score (nSPS) is 16.6. The second kappa shape index (κ2) is 5.38. The Kier molecular flexibility index (Phi) is 3.59. The molecule has 20 heavy (non-hydrogen) atoms. The molecule has 3 rings (SSSR count). The fourth-order valence-electron chi connectivity index (χ4n) is 2.58. The van der Waals surface area contributed by atoms with E-state index in [0.717, 1.165) is 18.2 Å². The van der Waals surface area contributed by atoms with Gasteiger partial charge in [0.05, 0.1) is 16.1 Å². The van der Waals surface area contributed by atoms with Crippen molar-refractivity contribution >= 4 is 28.4 Å². The van der Waals surface area contributed by atoms with Crippen molar-refractivity contribution in [3.05, 3.63) is 41.0 Å². The van der Waals surface area contributed by atoms with Crippen molar-refractivity contribution in [1.82, 2.24) is 9.88 Å². The van der Waals surface area contributed by atoms with Gasteiger partial charge in [-0.2, -0.15) is 0 Å². The summed E-state index contributed by atoms with van der Waals surface area (Å²) in [7, 11) is 0. The van der Waals surface area contributed by atoms with Gasteiger partial charge in [-0.05, 0) is 37.1 Å². The number of aromatic nitrogens is 1. The molecule has 0 spiro atoms. The molecule has 1 aromatic carbocycles. The van der Waals surface area contributed by atoms with E-state index in [4.69, 9.17) is 17.3 Å². The topological polar surface area (TPSA) is 59.2 Å². The zero-order valence-electron chi connectivity index (χ0n) is 11.1. The molecule has 1 fully saturated rings. The number of carbonyl (C=O) groups excluding carboxylic acids is 1. The lowest BCUT2D eigenvalue weighted by Crippen LogP contribution is -2.42. The van der Waals surface area contributed by atoms with Gasteiger partial charge in [0.1, 0.15) is 0 Å². The van der Waals surface area contributed by atoms with Crippen LogP contribution in [0.15, 0.2) is 30.5 Å². The summed E-state index contributed by atoms with van der Waals surface area (Å²) in [6.07, 6.45) is 3.39. The molecule has 1 aliphatic heterocycles. The quantitative estimate of drug-likeness (QED) is 0.877. The lowest BCUT2D eigenvalue weighted by Gasteiger charge is -2.30. The van der Waals surface area contributed by atoms with E-state index in [0.29, 0.717) is 29.2 Å². The second-order valence-electron chi connectivity index (χ2n) is 5.12. The van der Waals surface area contributed by atoms with Crippen molar-refractivity contribution < 1.29 is 4.79 Å². The van der Waals surface area contributed by atoms with Crippen LogP contribution in [-0.2, 0) is 0 Å². The predicted molar refractivity (Wildman–Crippen MR) is 79.9 cm³/mol. The van der Waals surface area contributed by atoms with Gasteiger partial charge in [-0.25, -0.2) is 0 Å². The molecule has 1 amide bonds. The molecule has 2 heterocycles. The first-order chi connectivity index (χ1) is 9.66. The van der Waals surface area contributed by atoms with E-state index >= 15 is 0 Å². The van der Waals surface area contributed by atoms with E-state index in [1.807, 2.05) is 17.0 Å². The van der Waals surface area contributed by atoms with E-state index in [-0.39, 0.29) is 11.9 Å². The maximum Gasteiger partial charge on any atom is 0.256 e. The van der Waals surface area contributed by atoms with Gasteiger partial charge in [0.25, 0.3) is 5.91 Å². The van der Waals surface area contributed by atoms with Crippen LogP contribution in [-0.4, -0.2) is 34.9 Å². The molecule has 0 radical (unpaired) electrons. The first-order valence-corrected chi connectivity index (χ1v) is 7.12. The highest BCUT2D eigenvalue weighted by Crippen LogP contribution is 2.26. The highest BCUT2D eigenvalue weighted by Gasteiger charge is 2.23. The average molecular weight is 290 g/mol. The number of hydrogen-bond donors (Lipinski definition) is 1. The number of nitrogens with two attached hydrogens (primary N) is 1. The van der Waals surface area contributed by atoms with E-state index < -0.39 is 0 Å². The number of fused-ring (bicyclic) bond motifs is 1. The Morgan fingerprint density at radius 3 is 2.80 bits per heavy atom. The molecule has 1 aliphatic rings. The van der Waals surface area contributed by atoms with Gasteiger partial charge in [0, 0.05) is 30.7 Å². The molecule has 0 bridgehead atoms. The number of amides is 1. The van der Waals surface area contributed by atoms with Gasteiger partial charge in [0.2, 0.25) is 0 Å². The highest BCUT2D eigenvalue weighted by atomic mass is 35.5. The first kappa shape index (κ1) is 13.3. The van der Waals surface area contributed by atoms with Gasteiger partial charge in [0.15, 0.2) is 0 Å². The van der Waals surface area contributed by atoms with Crippen molar-refractivity contribution in [1.29, 1.82) is 0 Å². The van der Waals surface area contributed by atoms with E-state index in [1.54, 1.807) is 18.3 Å². The SMILES string of the molecule is NC1CCN(C(=O)c2ccc(Cl)c3cccnc23)CC1. The lowest BCUT2D eigenvalue weighted by molar-refractivity contribution is 0.0716. The molecule has 1 saturated heterocycles. The molecule has 5 heteroatoms. The number of pyridine rings is 1. The van der Waals surface area contributed by atoms with Crippen molar-refractivity contribution in [2.75, 3.05) is 13.1 Å². The summed E-state index contributed by atoms with van der Waals surface area (Å²) in [5, 5.41) is 1.43. The minimum absolute atomic E-state index is 0.0114. The molecule has 1 aromatic heterocycles. The monoisotopic (exact) mass is 289 g/mol. The third kappa shape index (κ3) is 2.37. The molecular weight excluding hydrogens is 274 g/mol. The van der Waals surface area contributed by atoms with Crippen molar-refractivity contribution in [2.24, 2.45) is 5.73 Å². The van der Waals surface area contributed by atoms with E-state index in [1.165, 1.54) is 0 Å². The molecule has 4 nitrogen and oxygen atoms in total. The molecular formula is C15H16ClN3O. The predicted octanol–water partition coefficient (Wildman–Crippen LogP) is 2.45. The highest BCUT2D eigenvalue weighted by molar-refractivity contribution is 6.36. The van der Waals surface area contributed by atoms with Crippen LogP contribution in [0.4, 0.5) is 0 Å². The van der Waals surface area contributed by atoms with E-state index in [2.05, 4.69) is 4.98 Å². The summed E-state index contributed by atoms with van der Waals surface area (Å²) < 4.78 is 0. The Hall–Kier alpha value is -1.65. The van der Waals surface area contributed by atoms with Crippen molar-refractivity contribution in [3.8, 4) is 0 Å². The number of piperidine rings is 1. The number of carbonyl (C=O) groups is 1. The Labute approximate surface area is 122 Å². The summed E-state index contributed by atoms with van der Waals surface area (Å²) in [5.74, 6) is 0.0114. The number of likely N-dealkylation sites (tertiary alicyclic amines) is 1. The zero-order valence-corrected chi connectivity index (χ0v) is 11.8. The first-order valence-electron chi connectivity index (χ1n) is 6.75. The molecule has 0 aliphatic carbocycles. The van der Waals surface area contributed by atoms with Gasteiger partial charge in [-0.1, -0.05) is 11.6 Å². The third-order valence-electron chi connectivity index (χ3n) is 3.77. The Bertz CT molecular complexity index is 651. The van der Waals surface area contributed by atoms with Crippen LogP contribution in [0.2, 0.25) is 5.02 Å². The maximum absolute atomic E-state index is 12.6. The maximum atomic E-state index is 12.6. The van der Waals surface area contributed by atoms with Crippen LogP contribution in [0.25, 0.3) is 10.9 Å². The smallest absolute Gasteiger partial charge is 0.256 e. The number of rotatable bonds is 1. The summed E-state index contributed by atoms with van der Waals surface area (Å²) >= 11 is 6.16. The van der Waals surface area contributed by atoms with Crippen LogP contribution in [0.1, 0.15) is 23.2 Å². The third-order valence-corrected chi connectivity index (χ3v) is 4.10. The van der Waals surface area contributed by atoms with Gasteiger partial charge < -0.3 is 10.6 Å². The minimum atomic E-state index is 0.0114. The van der Waals surface area contributed by atoms with E-state index in [9.17, 15) is 4.79 Å². The molecule has 0 unspecified atom stereocenters. The molecule has 2 N–H and O–H groups in total. The molecule has 0 saturated carbocycles. The fourth-order valence-corrected chi connectivity index (χ4v) is 2.80. The Morgan fingerprint density at radius 1 is 1.30 bits per heavy atom. The summed E-state index contributed by atoms with van der Waals surface area (Å²) in [4.78, 5) is 18.8. The average Bonchev–Trinajstić information content (AvgIpc) is 2.48. The minimum Gasteiger partial charge on any atom is -0.338 e. The van der Waals surface area contributed by atoms with Crippen LogP contribution >= 0.6 is 11.6 Å². The van der Waals surface area contributed by atoms with Crippen LogP contribution < -0.4 is 5.73 Å². The lowest BCUT2D eigenvalue weighted by atomic mass is 10.0.